The number of nitrogens with zero attached hydrogens (tertiary/aromatic N) is 4. The lowest BCUT2D eigenvalue weighted by molar-refractivity contribution is 0.306. The third-order valence-corrected chi connectivity index (χ3v) is 9.71. The molecule has 0 aliphatic heterocycles. The van der Waals surface area contributed by atoms with E-state index in [4.69, 9.17) is 24.3 Å². The molecule has 0 fully saturated rings. The van der Waals surface area contributed by atoms with Gasteiger partial charge in [0.25, 0.3) is 0 Å². The second-order valence-electron chi connectivity index (χ2n) is 14.5. The van der Waals surface area contributed by atoms with Crippen molar-refractivity contribution in [2.24, 2.45) is 0 Å². The molecule has 0 saturated carbocycles. The van der Waals surface area contributed by atoms with Crippen LogP contribution in [0, 0.1) is 13.8 Å². The fraction of sp³-hybridized carbons (Fsp3) is 0.174. The van der Waals surface area contributed by atoms with Gasteiger partial charge in [0.1, 0.15) is 35.4 Å². The zero-order chi connectivity index (χ0) is 36.7. The zero-order valence-corrected chi connectivity index (χ0v) is 30.9. The number of hydrogen-bond donors (Lipinski definition) is 0. The number of rotatable bonds is 9. The number of para-hydroxylation sites is 1. The van der Waals surface area contributed by atoms with E-state index >= 15 is 0 Å². The molecule has 0 saturated heterocycles. The SMILES string of the molecule is COc1ccnc(-n2c3ccccc3c3ccc(Oc4cc(-n5cc(-c6c(C)cc(OCc7ccccc7)cc6C)cn5)cc(C(C)(C)C)c4)cc32)c1. The normalized spacial score (nSPS) is 11.7. The molecule has 0 amide bonds. The predicted molar refractivity (Wildman–Crippen MR) is 213 cm³/mol. The first kappa shape index (κ1) is 33.8. The molecule has 7 nitrogen and oxygen atoms in total. The van der Waals surface area contributed by atoms with Crippen LogP contribution in [0.4, 0.5) is 0 Å². The van der Waals surface area contributed by atoms with Gasteiger partial charge in [-0.05, 0) is 95.6 Å². The van der Waals surface area contributed by atoms with Crippen molar-refractivity contribution >= 4 is 21.8 Å². The summed E-state index contributed by atoms with van der Waals surface area (Å²) >= 11 is 0. The highest BCUT2D eigenvalue weighted by Gasteiger charge is 2.19. The van der Waals surface area contributed by atoms with Gasteiger partial charge in [-0.1, -0.05) is 69.3 Å². The Hall–Kier alpha value is -6.34. The Labute approximate surface area is 310 Å². The second-order valence-corrected chi connectivity index (χ2v) is 14.5. The van der Waals surface area contributed by atoms with Gasteiger partial charge in [0.15, 0.2) is 0 Å². The summed E-state index contributed by atoms with van der Waals surface area (Å²) < 4.78 is 22.5. The van der Waals surface area contributed by atoms with Crippen LogP contribution < -0.4 is 14.2 Å². The van der Waals surface area contributed by atoms with E-state index in [1.165, 1.54) is 0 Å². The predicted octanol–water partition coefficient (Wildman–Crippen LogP) is 11.3. The minimum atomic E-state index is -0.124. The molecule has 8 rings (SSSR count). The molecule has 0 atom stereocenters. The van der Waals surface area contributed by atoms with Crippen LogP contribution >= 0.6 is 0 Å². The average Bonchev–Trinajstić information content (AvgIpc) is 3.77. The number of aryl methyl sites for hydroxylation is 2. The van der Waals surface area contributed by atoms with Gasteiger partial charge in [0, 0.05) is 46.9 Å². The van der Waals surface area contributed by atoms with Gasteiger partial charge in [-0.3, -0.25) is 4.57 Å². The Kier molecular flexibility index (Phi) is 8.71. The molecule has 0 bridgehead atoms. The molecule has 5 aromatic carbocycles. The van der Waals surface area contributed by atoms with E-state index in [1.807, 2.05) is 47.3 Å². The minimum absolute atomic E-state index is 0.124. The van der Waals surface area contributed by atoms with Crippen molar-refractivity contribution in [1.82, 2.24) is 19.3 Å². The molecule has 0 aliphatic rings. The quantitative estimate of drug-likeness (QED) is 0.150. The average molecular weight is 699 g/mol. The summed E-state index contributed by atoms with van der Waals surface area (Å²) in [5.41, 5.74) is 9.61. The molecule has 264 valence electrons. The van der Waals surface area contributed by atoms with Gasteiger partial charge in [-0.15, -0.1) is 0 Å². The first-order chi connectivity index (χ1) is 25.6. The maximum absolute atomic E-state index is 6.70. The van der Waals surface area contributed by atoms with Crippen molar-refractivity contribution in [3.8, 4) is 45.6 Å². The Morgan fingerprint density at radius 2 is 1.43 bits per heavy atom. The maximum atomic E-state index is 6.70. The molecule has 0 unspecified atom stereocenters. The molecule has 8 aromatic rings. The van der Waals surface area contributed by atoms with E-state index < -0.39 is 0 Å². The monoisotopic (exact) mass is 698 g/mol. The lowest BCUT2D eigenvalue weighted by atomic mass is 9.86. The number of fused-ring (bicyclic) bond motifs is 3. The van der Waals surface area contributed by atoms with E-state index in [0.29, 0.717) is 6.61 Å². The first-order valence-corrected chi connectivity index (χ1v) is 17.8. The van der Waals surface area contributed by atoms with Crippen LogP contribution in [0.5, 0.6) is 23.0 Å². The van der Waals surface area contributed by atoms with Crippen molar-refractivity contribution in [2.75, 3.05) is 7.11 Å². The topological polar surface area (TPSA) is 63.3 Å². The molecule has 0 aliphatic carbocycles. The Balaban J connectivity index is 1.13. The zero-order valence-electron chi connectivity index (χ0n) is 30.9. The fourth-order valence-corrected chi connectivity index (χ4v) is 7.05. The molecule has 3 aromatic heterocycles. The molecular formula is C46H42N4O3. The van der Waals surface area contributed by atoms with Crippen LogP contribution in [-0.4, -0.2) is 26.4 Å². The van der Waals surface area contributed by atoms with Crippen molar-refractivity contribution < 1.29 is 14.2 Å². The van der Waals surface area contributed by atoms with E-state index in [9.17, 15) is 0 Å². The summed E-state index contributed by atoms with van der Waals surface area (Å²) in [4.78, 5) is 4.71. The van der Waals surface area contributed by atoms with Gasteiger partial charge >= 0.3 is 0 Å². The summed E-state index contributed by atoms with van der Waals surface area (Å²) in [6.45, 7) is 11.4. The summed E-state index contributed by atoms with van der Waals surface area (Å²) in [6.07, 6.45) is 5.80. The Morgan fingerprint density at radius 1 is 0.679 bits per heavy atom. The van der Waals surface area contributed by atoms with Gasteiger partial charge in [-0.25, -0.2) is 9.67 Å². The first-order valence-electron chi connectivity index (χ1n) is 17.8. The fourth-order valence-electron chi connectivity index (χ4n) is 7.05. The lowest BCUT2D eigenvalue weighted by Crippen LogP contribution is -2.12. The number of methoxy groups -OCH3 is 1. The molecule has 3 heterocycles. The molecule has 0 N–H and O–H groups in total. The van der Waals surface area contributed by atoms with Crippen LogP contribution in [-0.2, 0) is 12.0 Å². The largest absolute Gasteiger partial charge is 0.497 e. The van der Waals surface area contributed by atoms with Crippen molar-refractivity contribution in [1.29, 1.82) is 0 Å². The third-order valence-electron chi connectivity index (χ3n) is 9.71. The number of ether oxygens (including phenoxy) is 3. The minimum Gasteiger partial charge on any atom is -0.497 e. The molecule has 7 heteroatoms. The number of hydrogen-bond acceptors (Lipinski definition) is 5. The van der Waals surface area contributed by atoms with Gasteiger partial charge in [0.05, 0.1) is 30.0 Å². The highest BCUT2D eigenvalue weighted by Crippen LogP contribution is 2.38. The number of aromatic nitrogens is 4. The van der Waals surface area contributed by atoms with Crippen molar-refractivity contribution in [3.05, 3.63) is 156 Å². The van der Waals surface area contributed by atoms with Crippen molar-refractivity contribution in [2.45, 2.75) is 46.6 Å². The second kappa shape index (κ2) is 13.7. The molecule has 0 spiro atoms. The molecular weight excluding hydrogens is 657 g/mol. The smallest absolute Gasteiger partial charge is 0.141 e. The Bertz CT molecular complexity index is 2570. The number of benzene rings is 5. The summed E-state index contributed by atoms with van der Waals surface area (Å²) in [7, 11) is 1.67. The number of pyridine rings is 1. The highest BCUT2D eigenvalue weighted by molar-refractivity contribution is 6.09. The Morgan fingerprint density at radius 3 is 2.21 bits per heavy atom. The summed E-state index contributed by atoms with van der Waals surface area (Å²) in [5.74, 6) is 3.84. The summed E-state index contributed by atoms with van der Waals surface area (Å²) in [5, 5.41) is 7.11. The molecule has 53 heavy (non-hydrogen) atoms. The van der Waals surface area contributed by atoms with E-state index in [0.717, 1.165) is 89.7 Å². The van der Waals surface area contributed by atoms with E-state index in [1.54, 1.807) is 13.3 Å². The maximum Gasteiger partial charge on any atom is 0.141 e. The standard InChI is InChI=1S/C46H42N4O3/c1-30-20-38(52-29-32-12-8-7-9-13-32)21-31(2)45(30)33-27-48-49(28-33)35-22-34(46(3,4)5)23-39(24-35)53-37-16-17-41-40-14-10-11-15-42(40)50(43(41)25-37)44-26-36(51-6)18-19-47-44/h7-28H,29H2,1-6H3. The third kappa shape index (κ3) is 6.74. The lowest BCUT2D eigenvalue weighted by Gasteiger charge is -2.21. The van der Waals surface area contributed by atoms with Crippen LogP contribution in [0.2, 0.25) is 0 Å². The van der Waals surface area contributed by atoms with Crippen LogP contribution in [0.25, 0.3) is 44.4 Å². The van der Waals surface area contributed by atoms with E-state index in [2.05, 4.69) is 124 Å². The highest BCUT2D eigenvalue weighted by atomic mass is 16.5. The van der Waals surface area contributed by atoms with Gasteiger partial charge < -0.3 is 14.2 Å². The van der Waals surface area contributed by atoms with Crippen molar-refractivity contribution in [3.63, 3.8) is 0 Å². The van der Waals surface area contributed by atoms with Gasteiger partial charge in [-0.2, -0.15) is 5.10 Å². The van der Waals surface area contributed by atoms with Crippen LogP contribution in [0.1, 0.15) is 43.0 Å². The van der Waals surface area contributed by atoms with Crippen LogP contribution in [0.15, 0.2) is 134 Å². The van der Waals surface area contributed by atoms with E-state index in [-0.39, 0.29) is 5.41 Å². The van der Waals surface area contributed by atoms with Gasteiger partial charge in [0.2, 0.25) is 0 Å². The summed E-state index contributed by atoms with van der Waals surface area (Å²) in [6, 6.07) is 39.2. The van der Waals surface area contributed by atoms with Crippen LogP contribution in [0.3, 0.4) is 0 Å². The molecule has 0 radical (unpaired) electrons.